The summed E-state index contributed by atoms with van der Waals surface area (Å²) in [7, 11) is 8.38. The Morgan fingerprint density at radius 3 is 1.00 bits per heavy atom. The maximum absolute atomic E-state index is 15.3. The lowest BCUT2D eigenvalue weighted by Gasteiger charge is -2.40. The number of hydrogen-bond acceptors (Lipinski definition) is 6. The Balaban J connectivity index is 2.11. The van der Waals surface area contributed by atoms with E-state index in [0.717, 1.165) is 75.6 Å². The lowest BCUT2D eigenvalue weighted by Crippen LogP contribution is -2.47. The number of nitrogens with zero attached hydrogens (tertiary/aromatic N) is 1. The molecule has 0 aliphatic carbocycles. The van der Waals surface area contributed by atoms with E-state index >= 15 is 17.6 Å². The molecule has 0 unspecified atom stereocenters. The zero-order chi connectivity index (χ0) is 41.6. The average Bonchev–Trinajstić information content (AvgIpc) is 3.34. The summed E-state index contributed by atoms with van der Waals surface area (Å²) < 4.78 is 127. The van der Waals surface area contributed by atoms with Gasteiger partial charge in [0, 0.05) is 33.4 Å². The molecule has 5 rings (SSSR count). The standard InChI is InChI=1S/C44H52F6NO6/c1-9-11-13-15-17-51(18-16-14-12-10-2)23-27-33(25-19-29(45)37(49)30(46)20-25)39(52-3)43(56-7)41(54-5)35(27)36-28(24-51)34(26-21-31(47)38(50)32(48)22-26)40(53-4)44(57-8)42(36)55-6/h19-22H,9-18,23-24H2,1-8H3/q+1. The van der Waals surface area contributed by atoms with Crippen molar-refractivity contribution in [3.63, 3.8) is 0 Å². The second-order valence-electron chi connectivity index (χ2n) is 14.4. The Hall–Kier alpha value is -4.78. The Morgan fingerprint density at radius 2 is 0.719 bits per heavy atom. The molecule has 4 aromatic rings. The minimum atomic E-state index is -1.63. The quantitative estimate of drug-likeness (QED) is 0.0432. The van der Waals surface area contributed by atoms with E-state index in [0.29, 0.717) is 39.8 Å². The number of fused-ring (bicyclic) bond motifs is 3. The van der Waals surface area contributed by atoms with Crippen molar-refractivity contribution in [2.24, 2.45) is 0 Å². The van der Waals surface area contributed by atoms with Gasteiger partial charge in [0.2, 0.25) is 11.5 Å². The number of unbranched alkanes of at least 4 members (excludes halogenated alkanes) is 6. The molecule has 0 N–H and O–H groups in total. The van der Waals surface area contributed by atoms with E-state index in [1.165, 1.54) is 42.7 Å². The van der Waals surface area contributed by atoms with E-state index in [9.17, 15) is 8.78 Å². The van der Waals surface area contributed by atoms with Gasteiger partial charge in [-0.1, -0.05) is 39.5 Å². The topological polar surface area (TPSA) is 55.4 Å². The molecule has 13 heteroatoms. The minimum Gasteiger partial charge on any atom is -0.492 e. The predicted octanol–water partition coefficient (Wildman–Crippen LogP) is 11.6. The summed E-state index contributed by atoms with van der Waals surface area (Å²) in [4.78, 5) is 0. The number of rotatable bonds is 18. The molecule has 0 saturated heterocycles. The fraction of sp³-hybridized carbons (Fsp3) is 0.455. The molecule has 0 aromatic heterocycles. The second kappa shape index (κ2) is 18.7. The van der Waals surface area contributed by atoms with E-state index in [-0.39, 0.29) is 69.8 Å². The van der Waals surface area contributed by atoms with Crippen molar-refractivity contribution >= 4 is 0 Å². The van der Waals surface area contributed by atoms with Gasteiger partial charge in [-0.3, -0.25) is 0 Å². The van der Waals surface area contributed by atoms with Crippen molar-refractivity contribution in [3.8, 4) is 67.9 Å². The molecule has 0 saturated carbocycles. The van der Waals surface area contributed by atoms with Crippen LogP contribution in [0.2, 0.25) is 0 Å². The van der Waals surface area contributed by atoms with Crippen molar-refractivity contribution in [2.75, 3.05) is 55.7 Å². The fourth-order valence-corrected chi connectivity index (χ4v) is 8.37. The maximum Gasteiger partial charge on any atom is 0.204 e. The highest BCUT2D eigenvalue weighted by molar-refractivity contribution is 5.98. The molecular weight excluding hydrogens is 752 g/mol. The van der Waals surface area contributed by atoms with Crippen LogP contribution in [0.25, 0.3) is 33.4 Å². The molecule has 1 aliphatic rings. The first kappa shape index (κ1) is 43.3. The van der Waals surface area contributed by atoms with E-state index in [1.807, 2.05) is 0 Å². The summed E-state index contributed by atoms with van der Waals surface area (Å²) in [6, 6.07) is 3.64. The maximum atomic E-state index is 15.3. The van der Waals surface area contributed by atoms with Gasteiger partial charge >= 0.3 is 0 Å². The fourth-order valence-electron chi connectivity index (χ4n) is 8.37. The molecular formula is C44H52F6NO6+. The molecule has 0 fully saturated rings. The molecule has 310 valence electrons. The van der Waals surface area contributed by atoms with Crippen LogP contribution in [0.5, 0.6) is 34.5 Å². The summed E-state index contributed by atoms with van der Waals surface area (Å²) >= 11 is 0. The lowest BCUT2D eigenvalue weighted by atomic mass is 9.85. The van der Waals surface area contributed by atoms with E-state index in [4.69, 9.17) is 28.4 Å². The van der Waals surface area contributed by atoms with Gasteiger partial charge in [0.15, 0.2) is 57.9 Å². The molecule has 4 aromatic carbocycles. The minimum absolute atomic E-state index is 0.0266. The monoisotopic (exact) mass is 804 g/mol. The first-order valence-electron chi connectivity index (χ1n) is 19.3. The van der Waals surface area contributed by atoms with Crippen LogP contribution in [0.3, 0.4) is 0 Å². The number of methoxy groups -OCH3 is 6. The van der Waals surface area contributed by atoms with Crippen LogP contribution in [0.1, 0.15) is 76.3 Å². The van der Waals surface area contributed by atoms with Crippen LogP contribution in [-0.4, -0.2) is 60.2 Å². The van der Waals surface area contributed by atoms with Gasteiger partial charge in [0.1, 0.15) is 13.1 Å². The van der Waals surface area contributed by atoms with Crippen molar-refractivity contribution in [3.05, 3.63) is 70.3 Å². The average molecular weight is 805 g/mol. The molecule has 0 spiro atoms. The summed E-state index contributed by atoms with van der Waals surface area (Å²) in [5.41, 5.74) is 2.11. The van der Waals surface area contributed by atoms with Gasteiger partial charge in [-0.2, -0.15) is 0 Å². The Morgan fingerprint density at radius 1 is 0.421 bits per heavy atom. The van der Waals surface area contributed by atoms with Crippen LogP contribution in [-0.2, 0) is 13.1 Å². The number of hydrogen-bond donors (Lipinski definition) is 0. The van der Waals surface area contributed by atoms with E-state index in [2.05, 4.69) is 13.8 Å². The second-order valence-corrected chi connectivity index (χ2v) is 14.4. The highest BCUT2D eigenvalue weighted by Crippen LogP contribution is 2.62. The van der Waals surface area contributed by atoms with Crippen LogP contribution >= 0.6 is 0 Å². The van der Waals surface area contributed by atoms with Crippen LogP contribution in [0, 0.1) is 34.9 Å². The molecule has 1 aliphatic heterocycles. The lowest BCUT2D eigenvalue weighted by molar-refractivity contribution is -0.953. The number of quaternary nitrogens is 1. The molecule has 0 atom stereocenters. The molecule has 0 bridgehead atoms. The van der Waals surface area contributed by atoms with Gasteiger partial charge in [0.05, 0.1) is 55.7 Å². The SMILES string of the molecule is CCCCCC[N+]1(CCCCCC)Cc2c(-c3cc(F)c(F)c(F)c3)c(OC)c(OC)c(OC)c2-c2c(c(-c3cc(F)c(F)c(F)c3)c(OC)c(OC)c2OC)C1. The van der Waals surface area contributed by atoms with E-state index < -0.39 is 34.9 Å². The van der Waals surface area contributed by atoms with Crippen LogP contribution < -0.4 is 28.4 Å². The summed E-state index contributed by atoms with van der Waals surface area (Å²) in [5, 5.41) is 0. The van der Waals surface area contributed by atoms with Crippen molar-refractivity contribution in [1.29, 1.82) is 0 Å². The van der Waals surface area contributed by atoms with Gasteiger partial charge in [0.25, 0.3) is 0 Å². The summed E-state index contributed by atoms with van der Waals surface area (Å²) in [6.45, 7) is 5.94. The Kier molecular flexibility index (Phi) is 14.2. The highest BCUT2D eigenvalue weighted by atomic mass is 19.2. The third kappa shape index (κ3) is 8.17. The zero-order valence-corrected chi connectivity index (χ0v) is 34.0. The van der Waals surface area contributed by atoms with Gasteiger partial charge in [-0.05, 0) is 61.1 Å². The number of benzene rings is 4. The molecule has 7 nitrogen and oxygen atoms in total. The first-order valence-corrected chi connectivity index (χ1v) is 19.3. The van der Waals surface area contributed by atoms with Crippen molar-refractivity contribution in [1.82, 2.24) is 0 Å². The highest BCUT2D eigenvalue weighted by Gasteiger charge is 2.44. The zero-order valence-electron chi connectivity index (χ0n) is 34.0. The van der Waals surface area contributed by atoms with Gasteiger partial charge in [-0.15, -0.1) is 0 Å². The van der Waals surface area contributed by atoms with Crippen molar-refractivity contribution in [2.45, 2.75) is 78.3 Å². The summed E-state index contributed by atoms with van der Waals surface area (Å²) in [6.07, 6.45) is 7.37. The normalized spacial score (nSPS) is 13.1. The van der Waals surface area contributed by atoms with Crippen LogP contribution in [0.15, 0.2) is 24.3 Å². The number of halogens is 6. The third-order valence-electron chi connectivity index (χ3n) is 10.9. The van der Waals surface area contributed by atoms with E-state index in [1.54, 1.807) is 0 Å². The van der Waals surface area contributed by atoms with Gasteiger partial charge in [-0.25, -0.2) is 26.3 Å². The molecule has 0 radical (unpaired) electrons. The first-order chi connectivity index (χ1) is 27.4. The molecule has 1 heterocycles. The largest absolute Gasteiger partial charge is 0.492 e. The molecule has 57 heavy (non-hydrogen) atoms. The van der Waals surface area contributed by atoms with Gasteiger partial charge < -0.3 is 32.9 Å². The predicted molar refractivity (Wildman–Crippen MR) is 207 cm³/mol. The third-order valence-corrected chi connectivity index (χ3v) is 10.9. The van der Waals surface area contributed by atoms with Crippen LogP contribution in [0.4, 0.5) is 26.3 Å². The molecule has 0 amide bonds. The Labute approximate surface area is 331 Å². The Bertz CT molecular complexity index is 1900. The smallest absolute Gasteiger partial charge is 0.204 e. The number of ether oxygens (including phenoxy) is 6. The summed E-state index contributed by atoms with van der Waals surface area (Å²) in [5.74, 6) is -8.31. The van der Waals surface area contributed by atoms with Crippen molar-refractivity contribution < 1.29 is 59.2 Å².